The van der Waals surface area contributed by atoms with Gasteiger partial charge in [-0.25, -0.2) is 0 Å². The molecule has 1 amide bonds. The van der Waals surface area contributed by atoms with E-state index >= 15 is 0 Å². The minimum atomic E-state index is 0.0495. The number of aromatic nitrogens is 1. The quantitative estimate of drug-likeness (QED) is 0.658. The maximum absolute atomic E-state index is 13.4. The molecule has 0 bridgehead atoms. The van der Waals surface area contributed by atoms with Crippen LogP contribution >= 0.6 is 0 Å². The van der Waals surface area contributed by atoms with Crippen molar-refractivity contribution in [1.29, 1.82) is 0 Å². The van der Waals surface area contributed by atoms with Gasteiger partial charge >= 0.3 is 0 Å². The van der Waals surface area contributed by atoms with E-state index in [0.717, 1.165) is 50.2 Å². The first-order valence-electron chi connectivity index (χ1n) is 10.4. The van der Waals surface area contributed by atoms with E-state index in [-0.39, 0.29) is 11.9 Å². The summed E-state index contributed by atoms with van der Waals surface area (Å²) in [6.07, 6.45) is 5.66. The van der Waals surface area contributed by atoms with E-state index in [1.165, 1.54) is 0 Å². The fourth-order valence-corrected chi connectivity index (χ4v) is 3.60. The second-order valence-corrected chi connectivity index (χ2v) is 7.31. The topological polar surface area (TPSA) is 63.7 Å². The number of carbonyl (C=O) groups is 1. The SMILES string of the molecule is COCCCOc1ccc(C(=O)N(Cc2ccccn2)C2CCCNCC2)cc1. The lowest BCUT2D eigenvalue weighted by molar-refractivity contribution is 0.0642. The third-order valence-electron chi connectivity index (χ3n) is 5.17. The van der Waals surface area contributed by atoms with Crippen LogP contribution in [0.3, 0.4) is 0 Å². The first-order chi connectivity index (χ1) is 14.3. The third-order valence-corrected chi connectivity index (χ3v) is 5.17. The summed E-state index contributed by atoms with van der Waals surface area (Å²) in [4.78, 5) is 19.8. The number of rotatable bonds is 9. The standard InChI is InChI=1S/C23H31N3O3/c1-28-16-5-17-29-22-10-8-19(9-11-22)23(27)26(18-20-6-2-3-14-25-20)21-7-4-13-24-15-12-21/h2-3,6,8-11,14,21,24H,4-5,7,12-13,15-18H2,1H3. The summed E-state index contributed by atoms with van der Waals surface area (Å²) in [5.74, 6) is 0.820. The van der Waals surface area contributed by atoms with Crippen LogP contribution in [0.5, 0.6) is 5.75 Å². The van der Waals surface area contributed by atoms with Gasteiger partial charge in [-0.1, -0.05) is 6.07 Å². The van der Waals surface area contributed by atoms with Crippen LogP contribution in [0.25, 0.3) is 0 Å². The highest BCUT2D eigenvalue weighted by molar-refractivity contribution is 5.94. The van der Waals surface area contributed by atoms with Crippen molar-refractivity contribution < 1.29 is 14.3 Å². The fraction of sp³-hybridized carbons (Fsp3) is 0.478. The molecule has 0 spiro atoms. The van der Waals surface area contributed by atoms with Crippen LogP contribution in [-0.4, -0.2) is 55.2 Å². The summed E-state index contributed by atoms with van der Waals surface area (Å²) >= 11 is 0. The molecule has 2 aromatic rings. The lowest BCUT2D eigenvalue weighted by atomic mass is 10.0. The van der Waals surface area contributed by atoms with Gasteiger partial charge in [0.05, 0.1) is 18.8 Å². The van der Waals surface area contributed by atoms with Crippen LogP contribution in [0.1, 0.15) is 41.7 Å². The van der Waals surface area contributed by atoms with Gasteiger partial charge in [0, 0.05) is 37.9 Å². The zero-order chi connectivity index (χ0) is 20.3. The zero-order valence-corrected chi connectivity index (χ0v) is 17.2. The van der Waals surface area contributed by atoms with Crippen LogP contribution in [0.4, 0.5) is 0 Å². The van der Waals surface area contributed by atoms with Crippen molar-refractivity contribution in [3.05, 3.63) is 59.9 Å². The van der Waals surface area contributed by atoms with E-state index in [4.69, 9.17) is 9.47 Å². The number of carbonyl (C=O) groups excluding carboxylic acids is 1. The second kappa shape index (κ2) is 11.5. The summed E-state index contributed by atoms with van der Waals surface area (Å²) in [5, 5.41) is 3.43. The van der Waals surface area contributed by atoms with Gasteiger partial charge in [0.1, 0.15) is 5.75 Å². The normalized spacial score (nSPS) is 16.8. The molecule has 1 atom stereocenters. The molecule has 156 valence electrons. The van der Waals surface area contributed by atoms with Crippen molar-refractivity contribution in [1.82, 2.24) is 15.2 Å². The maximum Gasteiger partial charge on any atom is 0.254 e. The highest BCUT2D eigenvalue weighted by Gasteiger charge is 2.26. The van der Waals surface area contributed by atoms with E-state index in [2.05, 4.69) is 10.3 Å². The molecule has 2 heterocycles. The van der Waals surface area contributed by atoms with E-state index in [0.29, 0.717) is 25.3 Å². The highest BCUT2D eigenvalue weighted by Crippen LogP contribution is 2.21. The molecule has 1 fully saturated rings. The number of nitrogens with one attached hydrogen (secondary N) is 1. The van der Waals surface area contributed by atoms with Gasteiger partial charge in [0.15, 0.2) is 0 Å². The van der Waals surface area contributed by atoms with Gasteiger partial charge in [0.2, 0.25) is 0 Å². The Hall–Kier alpha value is -2.44. The molecule has 1 aromatic carbocycles. The Morgan fingerprint density at radius 1 is 1.14 bits per heavy atom. The summed E-state index contributed by atoms with van der Waals surface area (Å²) in [7, 11) is 1.68. The summed E-state index contributed by atoms with van der Waals surface area (Å²) in [6.45, 7) is 3.75. The molecule has 6 heteroatoms. The number of amides is 1. The number of hydrogen-bond acceptors (Lipinski definition) is 5. The van der Waals surface area contributed by atoms with Crippen LogP contribution in [0.15, 0.2) is 48.7 Å². The van der Waals surface area contributed by atoms with Gasteiger partial charge < -0.3 is 19.7 Å². The molecular formula is C23H31N3O3. The monoisotopic (exact) mass is 397 g/mol. The molecule has 29 heavy (non-hydrogen) atoms. The molecule has 0 saturated carbocycles. The van der Waals surface area contributed by atoms with Crippen LogP contribution < -0.4 is 10.1 Å². The number of hydrogen-bond donors (Lipinski definition) is 1. The molecule has 1 unspecified atom stereocenters. The molecule has 1 aliphatic heterocycles. The number of ether oxygens (including phenoxy) is 2. The number of pyridine rings is 1. The maximum atomic E-state index is 13.4. The lowest BCUT2D eigenvalue weighted by Crippen LogP contribution is -2.40. The fourth-order valence-electron chi connectivity index (χ4n) is 3.60. The molecule has 1 aromatic heterocycles. The Kier molecular flexibility index (Phi) is 8.46. The number of nitrogens with zero attached hydrogens (tertiary/aromatic N) is 2. The Balaban J connectivity index is 1.71. The van der Waals surface area contributed by atoms with Crippen LogP contribution in [0, 0.1) is 0 Å². The van der Waals surface area contributed by atoms with Gasteiger partial charge in [-0.05, 0) is 68.8 Å². The average molecular weight is 398 g/mol. The van der Waals surface area contributed by atoms with Crippen molar-refractivity contribution in [2.24, 2.45) is 0 Å². The van der Waals surface area contributed by atoms with Crippen LogP contribution in [-0.2, 0) is 11.3 Å². The molecule has 1 N–H and O–H groups in total. The Morgan fingerprint density at radius 2 is 2.00 bits per heavy atom. The van der Waals surface area contributed by atoms with Gasteiger partial charge in [-0.3, -0.25) is 9.78 Å². The smallest absolute Gasteiger partial charge is 0.254 e. The molecule has 3 rings (SSSR count). The predicted molar refractivity (Wildman–Crippen MR) is 113 cm³/mol. The summed E-state index contributed by atoms with van der Waals surface area (Å²) in [5.41, 5.74) is 1.60. The van der Waals surface area contributed by atoms with Crippen molar-refractivity contribution >= 4 is 5.91 Å². The molecule has 6 nitrogen and oxygen atoms in total. The van der Waals surface area contributed by atoms with E-state index in [9.17, 15) is 4.79 Å². The summed E-state index contributed by atoms with van der Waals surface area (Å²) in [6, 6.07) is 13.5. The van der Waals surface area contributed by atoms with Crippen molar-refractivity contribution in [3.63, 3.8) is 0 Å². The minimum absolute atomic E-state index is 0.0495. The molecule has 1 aliphatic rings. The first kappa shape index (κ1) is 21.3. The van der Waals surface area contributed by atoms with Crippen molar-refractivity contribution in [3.8, 4) is 5.75 Å². The lowest BCUT2D eigenvalue weighted by Gasteiger charge is -2.31. The Bertz CT molecular complexity index is 729. The van der Waals surface area contributed by atoms with Crippen molar-refractivity contribution in [2.75, 3.05) is 33.4 Å². The van der Waals surface area contributed by atoms with Gasteiger partial charge in [-0.15, -0.1) is 0 Å². The molecular weight excluding hydrogens is 366 g/mol. The third kappa shape index (κ3) is 6.54. The van der Waals surface area contributed by atoms with Gasteiger partial charge in [-0.2, -0.15) is 0 Å². The molecule has 1 saturated heterocycles. The van der Waals surface area contributed by atoms with E-state index < -0.39 is 0 Å². The number of benzene rings is 1. The van der Waals surface area contributed by atoms with Crippen LogP contribution in [0.2, 0.25) is 0 Å². The molecule has 0 aliphatic carbocycles. The van der Waals surface area contributed by atoms with Crippen molar-refractivity contribution in [2.45, 2.75) is 38.3 Å². The predicted octanol–water partition coefficient (Wildman–Crippen LogP) is 3.28. The minimum Gasteiger partial charge on any atom is -0.494 e. The average Bonchev–Trinajstić information content (AvgIpc) is 3.05. The summed E-state index contributed by atoms with van der Waals surface area (Å²) < 4.78 is 10.7. The largest absolute Gasteiger partial charge is 0.494 e. The second-order valence-electron chi connectivity index (χ2n) is 7.31. The molecule has 0 radical (unpaired) electrons. The van der Waals surface area contributed by atoms with E-state index in [1.54, 1.807) is 13.3 Å². The Morgan fingerprint density at radius 3 is 2.76 bits per heavy atom. The first-order valence-corrected chi connectivity index (χ1v) is 10.4. The Labute approximate surface area is 173 Å². The zero-order valence-electron chi connectivity index (χ0n) is 17.2. The highest BCUT2D eigenvalue weighted by atomic mass is 16.5. The van der Waals surface area contributed by atoms with Gasteiger partial charge in [0.25, 0.3) is 5.91 Å². The number of methoxy groups -OCH3 is 1. The van der Waals surface area contributed by atoms with E-state index in [1.807, 2.05) is 47.4 Å².